The molecule has 2 N–H and O–H groups in total. The lowest BCUT2D eigenvalue weighted by atomic mass is 9.89. The zero-order chi connectivity index (χ0) is 26.7. The predicted octanol–water partition coefficient (Wildman–Crippen LogP) is 5.44. The van der Waals surface area contributed by atoms with Crippen molar-refractivity contribution < 1.29 is 13.6 Å². The van der Waals surface area contributed by atoms with Crippen molar-refractivity contribution >= 4 is 23.5 Å². The summed E-state index contributed by atoms with van der Waals surface area (Å²) in [6.45, 7) is 11.5. The van der Waals surface area contributed by atoms with Crippen molar-refractivity contribution in [3.63, 3.8) is 0 Å². The summed E-state index contributed by atoms with van der Waals surface area (Å²) in [6, 6.07) is 2.84. The third-order valence-electron chi connectivity index (χ3n) is 6.43. The van der Waals surface area contributed by atoms with Gasteiger partial charge in [-0.1, -0.05) is 50.5 Å². The molecule has 0 fully saturated rings. The summed E-state index contributed by atoms with van der Waals surface area (Å²) in [5.41, 5.74) is 2.53. The van der Waals surface area contributed by atoms with E-state index in [0.717, 1.165) is 41.1 Å². The fraction of sp³-hybridized carbons (Fsp3) is 0.321. The summed E-state index contributed by atoms with van der Waals surface area (Å²) >= 11 is 0. The van der Waals surface area contributed by atoms with Crippen molar-refractivity contribution in [1.82, 2.24) is 20.2 Å². The van der Waals surface area contributed by atoms with Crippen molar-refractivity contribution in [2.24, 2.45) is 5.92 Å². The highest BCUT2D eigenvalue weighted by atomic mass is 19.1. The van der Waals surface area contributed by atoms with Crippen LogP contribution in [0.1, 0.15) is 30.5 Å². The molecule has 0 radical (unpaired) electrons. The van der Waals surface area contributed by atoms with E-state index >= 15 is 0 Å². The van der Waals surface area contributed by atoms with Gasteiger partial charge in [0.2, 0.25) is 5.95 Å². The highest BCUT2D eigenvalue weighted by Gasteiger charge is 2.35. The Morgan fingerprint density at radius 1 is 1.30 bits per heavy atom. The van der Waals surface area contributed by atoms with Gasteiger partial charge >= 0.3 is 6.03 Å². The Kier molecular flexibility index (Phi) is 7.83. The van der Waals surface area contributed by atoms with Crippen molar-refractivity contribution in [2.45, 2.75) is 25.8 Å². The van der Waals surface area contributed by atoms with Gasteiger partial charge in [-0.05, 0) is 49.7 Å². The second-order valence-electron chi connectivity index (χ2n) is 9.56. The Morgan fingerprint density at radius 3 is 2.70 bits per heavy atom. The molecule has 7 nitrogen and oxygen atoms in total. The van der Waals surface area contributed by atoms with E-state index in [2.05, 4.69) is 47.9 Å². The quantitative estimate of drug-likeness (QED) is 0.467. The van der Waals surface area contributed by atoms with E-state index in [1.54, 1.807) is 6.08 Å². The second-order valence-corrected chi connectivity index (χ2v) is 9.56. The van der Waals surface area contributed by atoms with Gasteiger partial charge in [0.15, 0.2) is 5.82 Å². The van der Waals surface area contributed by atoms with Crippen LogP contribution in [0.3, 0.4) is 0 Å². The molecule has 37 heavy (non-hydrogen) atoms. The molecule has 0 bridgehead atoms. The van der Waals surface area contributed by atoms with E-state index in [1.165, 1.54) is 6.07 Å². The van der Waals surface area contributed by atoms with Crippen molar-refractivity contribution in [3.8, 4) is 0 Å². The van der Waals surface area contributed by atoms with Crippen molar-refractivity contribution in [1.29, 1.82) is 0 Å². The minimum absolute atomic E-state index is 0.137. The van der Waals surface area contributed by atoms with Crippen molar-refractivity contribution in [2.75, 3.05) is 37.4 Å². The zero-order valence-corrected chi connectivity index (χ0v) is 21.4. The number of carbonyl (C=O) groups excluding carboxylic acids is 1. The molecule has 2 aromatic rings. The number of para-hydroxylation sites is 1. The molecule has 2 atom stereocenters. The summed E-state index contributed by atoms with van der Waals surface area (Å²) in [5, 5.41) is 5.96. The van der Waals surface area contributed by atoms with Crippen LogP contribution in [0.25, 0.3) is 0 Å². The van der Waals surface area contributed by atoms with Crippen LogP contribution in [-0.4, -0.2) is 48.1 Å². The summed E-state index contributed by atoms with van der Waals surface area (Å²) in [5.74, 6) is -1.21. The highest BCUT2D eigenvalue weighted by molar-refractivity contribution is 6.01. The number of fused-ring (bicyclic) bond motifs is 1. The summed E-state index contributed by atoms with van der Waals surface area (Å²) in [6.07, 6.45) is 8.68. The minimum Gasteiger partial charge on any atom is -0.353 e. The zero-order valence-electron chi connectivity index (χ0n) is 21.4. The SMILES string of the molecule is C=CC(=C)C1=CC(c2nc(NCCN(C)C)nc3c2CNC(=O)N3c2c(F)cccc2F)CC(C)C=C1. The smallest absolute Gasteiger partial charge is 0.328 e. The topological polar surface area (TPSA) is 73.4 Å². The first-order valence-corrected chi connectivity index (χ1v) is 12.2. The Balaban J connectivity index is 1.90. The number of likely N-dealkylation sites (N-methyl/N-ethyl adjacent to an activating group) is 1. The van der Waals surface area contributed by atoms with Gasteiger partial charge in [-0.2, -0.15) is 4.98 Å². The van der Waals surface area contributed by atoms with E-state index in [9.17, 15) is 13.6 Å². The normalized spacial score (nSPS) is 19.1. The maximum Gasteiger partial charge on any atom is 0.328 e. The van der Waals surface area contributed by atoms with Crippen LogP contribution in [0.2, 0.25) is 0 Å². The lowest BCUT2D eigenvalue weighted by Gasteiger charge is -2.32. The standard InChI is InChI=1S/C28H32F2N6O/c1-6-18(3)19-11-10-17(2)14-20(15-19)24-21-16-32-28(37)36(25-22(29)8-7-9-23(25)30)26(21)34-27(33-24)31-12-13-35(4)5/h6-11,15,17,20H,1,3,12-14,16H2,2,4-5H3,(H,32,37)(H,31,33,34). The maximum absolute atomic E-state index is 14.9. The number of nitrogens with zero attached hydrogens (tertiary/aromatic N) is 4. The maximum atomic E-state index is 14.9. The number of amides is 2. The Bertz CT molecular complexity index is 1270. The molecular weight excluding hydrogens is 474 g/mol. The minimum atomic E-state index is -0.859. The van der Waals surface area contributed by atoms with Gasteiger partial charge in [-0.15, -0.1) is 0 Å². The van der Waals surface area contributed by atoms with Crippen LogP contribution in [0.15, 0.2) is 66.8 Å². The highest BCUT2D eigenvalue weighted by Crippen LogP contribution is 2.40. The summed E-state index contributed by atoms with van der Waals surface area (Å²) < 4.78 is 29.7. The first-order chi connectivity index (χ1) is 17.7. The average Bonchev–Trinajstić information content (AvgIpc) is 3.05. The number of hydrogen-bond donors (Lipinski definition) is 2. The van der Waals surface area contributed by atoms with Crippen LogP contribution in [0, 0.1) is 17.6 Å². The van der Waals surface area contributed by atoms with E-state index < -0.39 is 23.4 Å². The second kappa shape index (κ2) is 11.0. The van der Waals surface area contributed by atoms with Gasteiger partial charge in [0.1, 0.15) is 17.3 Å². The molecule has 194 valence electrons. The lowest BCUT2D eigenvalue weighted by molar-refractivity contribution is 0.246. The molecule has 1 aliphatic carbocycles. The molecule has 2 amide bonds. The first-order valence-electron chi connectivity index (χ1n) is 12.2. The van der Waals surface area contributed by atoms with E-state index in [-0.39, 0.29) is 30.1 Å². The molecule has 2 heterocycles. The molecule has 2 unspecified atom stereocenters. The number of aromatic nitrogens is 2. The summed E-state index contributed by atoms with van der Waals surface area (Å²) in [4.78, 5) is 25.4. The molecule has 0 saturated carbocycles. The number of allylic oxidation sites excluding steroid dienone is 6. The molecule has 9 heteroatoms. The predicted molar refractivity (Wildman–Crippen MR) is 143 cm³/mol. The van der Waals surface area contributed by atoms with Crippen LogP contribution < -0.4 is 15.5 Å². The first kappa shape index (κ1) is 26.2. The third kappa shape index (κ3) is 5.61. The summed E-state index contributed by atoms with van der Waals surface area (Å²) in [7, 11) is 3.90. The van der Waals surface area contributed by atoms with Gasteiger partial charge in [-0.25, -0.2) is 23.5 Å². The molecule has 1 aromatic carbocycles. The molecule has 0 spiro atoms. The average molecular weight is 507 g/mol. The van der Waals surface area contributed by atoms with Crippen LogP contribution in [-0.2, 0) is 6.54 Å². The number of benzene rings is 1. The Hall–Kier alpha value is -3.85. The molecule has 4 rings (SSSR count). The van der Waals surface area contributed by atoms with E-state index in [0.29, 0.717) is 17.8 Å². The van der Waals surface area contributed by atoms with E-state index in [4.69, 9.17) is 4.98 Å². The van der Waals surface area contributed by atoms with Gasteiger partial charge in [0.25, 0.3) is 0 Å². The Morgan fingerprint density at radius 2 is 2.03 bits per heavy atom. The van der Waals surface area contributed by atoms with Crippen LogP contribution in [0.4, 0.5) is 31.0 Å². The molecule has 2 aliphatic rings. The number of halogens is 2. The fourth-order valence-electron chi connectivity index (χ4n) is 4.48. The number of hydrogen-bond acceptors (Lipinski definition) is 5. The largest absolute Gasteiger partial charge is 0.353 e. The number of urea groups is 1. The Labute approximate surface area is 216 Å². The molecule has 0 saturated heterocycles. The number of nitrogens with one attached hydrogen (secondary N) is 2. The van der Waals surface area contributed by atoms with E-state index in [1.807, 2.05) is 25.1 Å². The monoisotopic (exact) mass is 506 g/mol. The van der Waals surface area contributed by atoms with Gasteiger partial charge < -0.3 is 15.5 Å². The van der Waals surface area contributed by atoms with Crippen molar-refractivity contribution in [3.05, 3.63) is 89.7 Å². The number of rotatable bonds is 8. The third-order valence-corrected chi connectivity index (χ3v) is 6.43. The number of anilines is 3. The van der Waals surface area contributed by atoms with Crippen LogP contribution in [0.5, 0.6) is 0 Å². The molecule has 1 aliphatic heterocycles. The number of carbonyl (C=O) groups is 1. The van der Waals surface area contributed by atoms with Gasteiger partial charge in [0.05, 0.1) is 12.2 Å². The molecule has 1 aromatic heterocycles. The van der Waals surface area contributed by atoms with Crippen LogP contribution >= 0.6 is 0 Å². The molecular formula is C28H32F2N6O. The van der Waals surface area contributed by atoms with Gasteiger partial charge in [0, 0.05) is 24.6 Å². The lowest BCUT2D eigenvalue weighted by Crippen LogP contribution is -2.43. The fourth-order valence-corrected chi connectivity index (χ4v) is 4.48. The van der Waals surface area contributed by atoms with Gasteiger partial charge in [-0.3, -0.25) is 0 Å².